The molecule has 0 unspecified atom stereocenters. The summed E-state index contributed by atoms with van der Waals surface area (Å²) in [4.78, 5) is 16.3. The van der Waals surface area contributed by atoms with E-state index in [1.54, 1.807) is 14.2 Å². The zero-order valence-corrected chi connectivity index (χ0v) is 23.5. The average molecular weight is 529 g/mol. The molecule has 1 N–H and O–H groups in total. The van der Waals surface area contributed by atoms with Gasteiger partial charge in [0.25, 0.3) is 0 Å². The molecule has 1 aliphatic carbocycles. The Morgan fingerprint density at radius 1 is 0.923 bits per heavy atom. The molecule has 0 aromatic heterocycles. The summed E-state index contributed by atoms with van der Waals surface area (Å²) in [5.74, 6) is 2.45. The Morgan fingerprint density at radius 2 is 1.64 bits per heavy atom. The van der Waals surface area contributed by atoms with Crippen LogP contribution in [-0.2, 0) is 17.9 Å². The molecule has 6 nitrogen and oxygen atoms in total. The summed E-state index contributed by atoms with van der Waals surface area (Å²) in [6.07, 6.45) is 3.14. The molecule has 0 spiro atoms. The molecule has 39 heavy (non-hydrogen) atoms. The molecule has 1 aliphatic heterocycles. The first-order valence-electron chi connectivity index (χ1n) is 14.0. The molecular weight excluding hydrogens is 488 g/mol. The Hall–Kier alpha value is -3.51. The van der Waals surface area contributed by atoms with Crippen LogP contribution in [0.5, 0.6) is 17.2 Å². The number of rotatable bonds is 10. The number of nitrogens with one attached hydrogen (secondary N) is 1. The molecule has 1 saturated carbocycles. The van der Waals surface area contributed by atoms with E-state index in [4.69, 9.17) is 14.2 Å². The lowest BCUT2D eigenvalue weighted by atomic mass is 9.79. The summed E-state index contributed by atoms with van der Waals surface area (Å²) < 4.78 is 16.9. The number of methoxy groups -OCH3 is 2. The Labute approximate surface area is 232 Å². The molecule has 0 bridgehead atoms. The molecule has 1 saturated heterocycles. The van der Waals surface area contributed by atoms with Crippen molar-refractivity contribution in [1.29, 1.82) is 0 Å². The van der Waals surface area contributed by atoms with E-state index in [1.807, 2.05) is 18.2 Å². The first-order chi connectivity index (χ1) is 19.0. The molecule has 5 rings (SSSR count). The summed E-state index contributed by atoms with van der Waals surface area (Å²) in [5, 5.41) is 3.50. The van der Waals surface area contributed by atoms with Gasteiger partial charge in [-0.2, -0.15) is 0 Å². The molecule has 3 aromatic carbocycles. The number of hydrogen-bond donors (Lipinski definition) is 1. The minimum Gasteiger partial charge on any atom is -0.496 e. The standard InChI is InChI=1S/C33H40N2O4/c1-22-7-5-10-26(23(22)2)20-35(27-11-12-27)33(36)32-19-34-14-13-31(32)25-9-6-8-24(15-25)21-39-30-17-28(37-3)16-29(18-30)38-4/h5-10,15-18,27,31-32,34H,11-14,19-21H2,1-4H3/t31-,32+/m1/s1. The van der Waals surface area contributed by atoms with Gasteiger partial charge in [-0.3, -0.25) is 4.79 Å². The van der Waals surface area contributed by atoms with Crippen LogP contribution >= 0.6 is 0 Å². The molecule has 1 heterocycles. The lowest BCUT2D eigenvalue weighted by Gasteiger charge is -2.36. The number of carbonyl (C=O) groups is 1. The number of amides is 1. The maximum absolute atomic E-state index is 14.1. The largest absolute Gasteiger partial charge is 0.496 e. The number of benzene rings is 3. The van der Waals surface area contributed by atoms with Crippen LogP contribution in [0.15, 0.2) is 60.7 Å². The number of carbonyl (C=O) groups excluding carboxylic acids is 1. The van der Waals surface area contributed by atoms with Crippen LogP contribution in [0.2, 0.25) is 0 Å². The van der Waals surface area contributed by atoms with Gasteiger partial charge in [0.2, 0.25) is 5.91 Å². The number of nitrogens with zero attached hydrogens (tertiary/aromatic N) is 1. The third-order valence-electron chi connectivity index (χ3n) is 8.24. The van der Waals surface area contributed by atoms with Crippen LogP contribution in [0.25, 0.3) is 0 Å². The summed E-state index contributed by atoms with van der Waals surface area (Å²) in [5.41, 5.74) is 6.11. The molecular formula is C33H40N2O4. The highest BCUT2D eigenvalue weighted by Gasteiger charge is 2.40. The first kappa shape index (κ1) is 27.1. The second kappa shape index (κ2) is 12.1. The van der Waals surface area contributed by atoms with Gasteiger partial charge in [0.1, 0.15) is 23.9 Å². The minimum atomic E-state index is -0.0803. The van der Waals surface area contributed by atoms with Gasteiger partial charge < -0.3 is 24.4 Å². The van der Waals surface area contributed by atoms with E-state index in [0.29, 0.717) is 43.0 Å². The van der Waals surface area contributed by atoms with Crippen molar-refractivity contribution >= 4 is 5.91 Å². The fourth-order valence-corrected chi connectivity index (χ4v) is 5.61. The zero-order valence-electron chi connectivity index (χ0n) is 23.5. The van der Waals surface area contributed by atoms with Crippen molar-refractivity contribution in [3.63, 3.8) is 0 Å². The van der Waals surface area contributed by atoms with Crippen molar-refractivity contribution in [3.05, 3.63) is 88.5 Å². The van der Waals surface area contributed by atoms with Gasteiger partial charge in [-0.1, -0.05) is 42.5 Å². The van der Waals surface area contributed by atoms with Crippen molar-refractivity contribution in [2.75, 3.05) is 27.3 Å². The number of piperidine rings is 1. The molecule has 1 amide bonds. The molecule has 2 fully saturated rings. The molecule has 206 valence electrons. The summed E-state index contributed by atoms with van der Waals surface area (Å²) in [7, 11) is 3.26. The van der Waals surface area contributed by atoms with E-state index in [1.165, 1.54) is 22.3 Å². The monoisotopic (exact) mass is 528 g/mol. The van der Waals surface area contributed by atoms with E-state index >= 15 is 0 Å². The second-order valence-electron chi connectivity index (χ2n) is 10.8. The van der Waals surface area contributed by atoms with Crippen LogP contribution in [0.1, 0.15) is 53.0 Å². The summed E-state index contributed by atoms with van der Waals surface area (Å²) in [6, 6.07) is 20.9. The van der Waals surface area contributed by atoms with E-state index in [0.717, 1.165) is 31.4 Å². The predicted octanol–water partition coefficient (Wildman–Crippen LogP) is 5.78. The zero-order chi connectivity index (χ0) is 27.4. The van der Waals surface area contributed by atoms with Crippen LogP contribution in [-0.4, -0.2) is 44.2 Å². The normalized spacial score (nSPS) is 18.9. The lowest BCUT2D eigenvalue weighted by molar-refractivity contribution is -0.138. The first-order valence-corrected chi connectivity index (χ1v) is 14.0. The maximum Gasteiger partial charge on any atom is 0.228 e. The molecule has 2 aliphatic rings. The highest BCUT2D eigenvalue weighted by Crippen LogP contribution is 2.37. The predicted molar refractivity (Wildman–Crippen MR) is 154 cm³/mol. The fraction of sp³-hybridized carbons (Fsp3) is 0.424. The van der Waals surface area contributed by atoms with Gasteiger partial charge in [0, 0.05) is 37.3 Å². The Bertz CT molecular complexity index is 1280. The van der Waals surface area contributed by atoms with Gasteiger partial charge in [-0.15, -0.1) is 0 Å². The lowest BCUT2D eigenvalue weighted by Crippen LogP contribution is -2.47. The molecule has 6 heteroatoms. The third-order valence-corrected chi connectivity index (χ3v) is 8.24. The van der Waals surface area contributed by atoms with Gasteiger partial charge in [0.15, 0.2) is 0 Å². The number of aryl methyl sites for hydroxylation is 1. The van der Waals surface area contributed by atoms with Crippen LogP contribution in [0.3, 0.4) is 0 Å². The van der Waals surface area contributed by atoms with Gasteiger partial charge in [-0.25, -0.2) is 0 Å². The quantitative estimate of drug-likeness (QED) is 0.361. The Kier molecular flexibility index (Phi) is 8.41. The van der Waals surface area contributed by atoms with Crippen molar-refractivity contribution in [3.8, 4) is 17.2 Å². The smallest absolute Gasteiger partial charge is 0.228 e. The van der Waals surface area contributed by atoms with Crippen LogP contribution in [0.4, 0.5) is 0 Å². The minimum absolute atomic E-state index is 0.0803. The van der Waals surface area contributed by atoms with Crippen molar-refractivity contribution in [1.82, 2.24) is 10.2 Å². The Balaban J connectivity index is 1.33. The van der Waals surface area contributed by atoms with Gasteiger partial charge in [-0.05, 0) is 73.4 Å². The van der Waals surface area contributed by atoms with Crippen LogP contribution < -0.4 is 19.5 Å². The summed E-state index contributed by atoms with van der Waals surface area (Å²) in [6.45, 7) is 7.06. The van der Waals surface area contributed by atoms with Crippen molar-refractivity contribution < 1.29 is 19.0 Å². The van der Waals surface area contributed by atoms with E-state index in [2.05, 4.69) is 66.5 Å². The highest BCUT2D eigenvalue weighted by molar-refractivity contribution is 5.81. The second-order valence-corrected chi connectivity index (χ2v) is 10.8. The average Bonchev–Trinajstić information content (AvgIpc) is 3.82. The Morgan fingerprint density at radius 3 is 2.36 bits per heavy atom. The highest BCUT2D eigenvalue weighted by atomic mass is 16.5. The van der Waals surface area contributed by atoms with E-state index in [-0.39, 0.29) is 17.7 Å². The molecule has 3 aromatic rings. The van der Waals surface area contributed by atoms with E-state index in [9.17, 15) is 4.79 Å². The molecule has 0 radical (unpaired) electrons. The van der Waals surface area contributed by atoms with E-state index < -0.39 is 0 Å². The fourth-order valence-electron chi connectivity index (χ4n) is 5.61. The van der Waals surface area contributed by atoms with Gasteiger partial charge >= 0.3 is 0 Å². The van der Waals surface area contributed by atoms with Crippen molar-refractivity contribution in [2.45, 2.75) is 58.2 Å². The third kappa shape index (κ3) is 6.39. The van der Waals surface area contributed by atoms with Crippen molar-refractivity contribution in [2.24, 2.45) is 5.92 Å². The number of ether oxygens (including phenoxy) is 3. The van der Waals surface area contributed by atoms with Gasteiger partial charge in [0.05, 0.1) is 20.1 Å². The number of hydrogen-bond acceptors (Lipinski definition) is 5. The summed E-state index contributed by atoms with van der Waals surface area (Å²) >= 11 is 0. The molecule has 2 atom stereocenters. The maximum atomic E-state index is 14.1. The SMILES string of the molecule is COc1cc(OC)cc(OCc2cccc([C@H]3CCNC[C@@H]3C(=O)N(Cc3cccc(C)c3C)C3CC3)c2)c1. The topological polar surface area (TPSA) is 60.0 Å². The van der Waals surface area contributed by atoms with Crippen LogP contribution in [0, 0.1) is 19.8 Å².